The monoisotopic (exact) mass is 416 g/mol. The Morgan fingerprint density at radius 2 is 1.93 bits per heavy atom. The third-order valence-electron chi connectivity index (χ3n) is 5.31. The van der Waals surface area contributed by atoms with Gasteiger partial charge in [-0.3, -0.25) is 13.9 Å². The second-order valence-electron chi connectivity index (χ2n) is 7.16. The molecule has 0 aliphatic carbocycles. The number of benzene rings is 2. The number of hydrogen-bond acceptors (Lipinski definition) is 5. The van der Waals surface area contributed by atoms with Gasteiger partial charge in [-0.05, 0) is 36.6 Å². The molecule has 1 saturated heterocycles. The fourth-order valence-corrected chi connectivity index (χ4v) is 4.02. The Morgan fingerprint density at radius 1 is 1.24 bits per heavy atom. The van der Waals surface area contributed by atoms with Crippen molar-refractivity contribution in [3.8, 4) is 5.75 Å². The van der Waals surface area contributed by atoms with Gasteiger partial charge in [-0.1, -0.05) is 30.3 Å². The number of anilines is 1. The van der Waals surface area contributed by atoms with Crippen LogP contribution in [0.5, 0.6) is 5.75 Å². The summed E-state index contributed by atoms with van der Waals surface area (Å²) in [6.45, 7) is 2.76. The number of carbonyl (C=O) groups is 1. The van der Waals surface area contributed by atoms with Crippen LogP contribution in [0.2, 0.25) is 0 Å². The lowest BCUT2D eigenvalue weighted by molar-refractivity contribution is 0.0633. The van der Waals surface area contributed by atoms with Crippen molar-refractivity contribution >= 4 is 22.9 Å². The number of nitrogens with zero attached hydrogens (tertiary/aromatic N) is 2. The fraction of sp³-hybridized carbons (Fsp3) is 0.381. The van der Waals surface area contributed by atoms with Crippen LogP contribution >= 0.6 is 0 Å². The molecular formula is C21H26N3O4S-. The Balaban J connectivity index is 1.64. The molecule has 156 valence electrons. The van der Waals surface area contributed by atoms with Crippen molar-refractivity contribution < 1.29 is 18.3 Å². The van der Waals surface area contributed by atoms with E-state index in [-0.39, 0.29) is 11.9 Å². The molecule has 1 atom stereocenters. The molecule has 8 heteroatoms. The highest BCUT2D eigenvalue weighted by Gasteiger charge is 2.27. The Labute approximate surface area is 174 Å². The van der Waals surface area contributed by atoms with E-state index in [1.165, 1.54) is 18.7 Å². The van der Waals surface area contributed by atoms with Crippen molar-refractivity contribution in [1.82, 2.24) is 9.80 Å². The molecule has 0 aromatic heterocycles. The SMILES string of the molecule is COc1ccc(NS(=O)[O-])cc1C(=O)N(C)C1CCN(Cc2ccccc2)CC1. The molecule has 1 heterocycles. The Morgan fingerprint density at radius 3 is 2.55 bits per heavy atom. The predicted molar refractivity (Wildman–Crippen MR) is 112 cm³/mol. The second kappa shape index (κ2) is 9.87. The van der Waals surface area contributed by atoms with Gasteiger partial charge in [-0.25, -0.2) is 0 Å². The summed E-state index contributed by atoms with van der Waals surface area (Å²) in [4.78, 5) is 17.2. The average molecular weight is 417 g/mol. The molecule has 1 amide bonds. The van der Waals surface area contributed by atoms with Gasteiger partial charge in [0.15, 0.2) is 0 Å². The topological polar surface area (TPSA) is 84.9 Å². The molecule has 1 aliphatic rings. The van der Waals surface area contributed by atoms with Gasteiger partial charge in [0.05, 0.1) is 12.7 Å². The smallest absolute Gasteiger partial charge is 0.257 e. The van der Waals surface area contributed by atoms with Gasteiger partial charge in [-0.2, -0.15) is 0 Å². The lowest BCUT2D eigenvalue weighted by Crippen LogP contribution is -2.45. The zero-order chi connectivity index (χ0) is 20.8. The van der Waals surface area contributed by atoms with Crippen LogP contribution in [0.4, 0.5) is 5.69 Å². The molecule has 29 heavy (non-hydrogen) atoms. The number of piperidine rings is 1. The Kier molecular flexibility index (Phi) is 7.24. The van der Waals surface area contributed by atoms with E-state index in [0.717, 1.165) is 32.5 Å². The molecule has 1 N–H and O–H groups in total. The number of likely N-dealkylation sites (tertiary alicyclic amines) is 1. The molecule has 2 aromatic carbocycles. The lowest BCUT2D eigenvalue weighted by atomic mass is 10.0. The molecule has 1 aliphatic heterocycles. The maximum absolute atomic E-state index is 13.1. The van der Waals surface area contributed by atoms with Gasteiger partial charge >= 0.3 is 0 Å². The second-order valence-corrected chi connectivity index (χ2v) is 7.83. The van der Waals surface area contributed by atoms with Crippen molar-refractivity contribution in [2.45, 2.75) is 25.4 Å². The first-order valence-corrected chi connectivity index (χ1v) is 10.6. The number of nitrogens with one attached hydrogen (secondary N) is 1. The van der Waals surface area contributed by atoms with Gasteiger partial charge in [-0.15, -0.1) is 0 Å². The van der Waals surface area contributed by atoms with E-state index in [9.17, 15) is 13.6 Å². The van der Waals surface area contributed by atoms with Gasteiger partial charge < -0.3 is 18.9 Å². The van der Waals surface area contributed by atoms with E-state index in [2.05, 4.69) is 21.8 Å². The molecular weight excluding hydrogens is 390 g/mol. The molecule has 2 aromatic rings. The van der Waals surface area contributed by atoms with Gasteiger partial charge in [0.25, 0.3) is 5.91 Å². The third kappa shape index (κ3) is 5.56. The van der Waals surface area contributed by atoms with Gasteiger partial charge in [0, 0.05) is 49.7 Å². The molecule has 0 radical (unpaired) electrons. The average Bonchev–Trinajstić information content (AvgIpc) is 2.73. The van der Waals surface area contributed by atoms with Crippen molar-refractivity contribution in [2.75, 3.05) is 32.0 Å². The number of methoxy groups -OCH3 is 1. The molecule has 1 fully saturated rings. The van der Waals surface area contributed by atoms with E-state index in [4.69, 9.17) is 4.74 Å². The predicted octanol–water partition coefficient (Wildman–Crippen LogP) is 2.64. The van der Waals surface area contributed by atoms with Crippen LogP contribution in [0.15, 0.2) is 48.5 Å². The summed E-state index contributed by atoms with van der Waals surface area (Å²) < 4.78 is 29.4. The third-order valence-corrected chi connectivity index (χ3v) is 5.71. The first-order chi connectivity index (χ1) is 14.0. The van der Waals surface area contributed by atoms with Crippen molar-refractivity contribution in [2.24, 2.45) is 0 Å². The maximum Gasteiger partial charge on any atom is 0.257 e. The van der Waals surface area contributed by atoms with Crippen molar-refractivity contribution in [1.29, 1.82) is 0 Å². The van der Waals surface area contributed by atoms with Crippen LogP contribution in [0, 0.1) is 0 Å². The highest BCUT2D eigenvalue weighted by molar-refractivity contribution is 7.80. The highest BCUT2D eigenvalue weighted by Crippen LogP contribution is 2.26. The van der Waals surface area contributed by atoms with E-state index >= 15 is 0 Å². The first kappa shape index (κ1) is 21.3. The summed E-state index contributed by atoms with van der Waals surface area (Å²) in [5.41, 5.74) is 1.96. The molecule has 1 unspecified atom stereocenters. The zero-order valence-corrected chi connectivity index (χ0v) is 17.5. The molecule has 3 rings (SSSR count). The number of ether oxygens (including phenoxy) is 1. The number of rotatable bonds is 7. The number of hydrogen-bond donors (Lipinski definition) is 1. The summed E-state index contributed by atoms with van der Waals surface area (Å²) >= 11 is -2.45. The normalized spacial score (nSPS) is 16.2. The van der Waals surface area contributed by atoms with E-state index in [1.54, 1.807) is 24.1 Å². The molecule has 0 bridgehead atoms. The number of amides is 1. The van der Waals surface area contributed by atoms with Crippen LogP contribution in [-0.4, -0.2) is 57.8 Å². The Bertz CT molecular complexity index is 854. The van der Waals surface area contributed by atoms with Crippen LogP contribution in [0.25, 0.3) is 0 Å². The molecule has 0 spiro atoms. The zero-order valence-electron chi connectivity index (χ0n) is 16.7. The first-order valence-electron chi connectivity index (χ1n) is 9.55. The maximum atomic E-state index is 13.1. The van der Waals surface area contributed by atoms with Crippen LogP contribution < -0.4 is 9.46 Å². The minimum Gasteiger partial charge on any atom is -0.755 e. The fourth-order valence-electron chi connectivity index (χ4n) is 3.70. The molecule has 7 nitrogen and oxygen atoms in total. The number of carbonyl (C=O) groups excluding carboxylic acids is 1. The summed E-state index contributed by atoms with van der Waals surface area (Å²) in [5, 5.41) is 0. The summed E-state index contributed by atoms with van der Waals surface area (Å²) in [6.07, 6.45) is 1.78. The lowest BCUT2D eigenvalue weighted by Gasteiger charge is -2.37. The standard InChI is InChI=1S/C21H27N3O4S/c1-23(18-10-12-24(13-11-18)15-16-6-4-3-5-7-16)21(25)19-14-17(22-29(26)27)8-9-20(19)28-2/h3-9,14,18,22H,10-13,15H2,1-2H3,(H,26,27)/p-1. The highest BCUT2D eigenvalue weighted by atomic mass is 32.2. The Hall–Kier alpha value is -2.42. The van der Waals surface area contributed by atoms with E-state index in [1.807, 2.05) is 18.2 Å². The largest absolute Gasteiger partial charge is 0.755 e. The summed E-state index contributed by atoms with van der Waals surface area (Å²) in [7, 11) is 3.29. The minimum absolute atomic E-state index is 0.129. The summed E-state index contributed by atoms with van der Waals surface area (Å²) in [5.74, 6) is 0.245. The summed E-state index contributed by atoms with van der Waals surface area (Å²) in [6, 6.07) is 15.2. The van der Waals surface area contributed by atoms with Gasteiger partial charge in [0.2, 0.25) is 0 Å². The van der Waals surface area contributed by atoms with E-state index < -0.39 is 11.3 Å². The van der Waals surface area contributed by atoms with Crippen molar-refractivity contribution in [3.05, 3.63) is 59.7 Å². The van der Waals surface area contributed by atoms with Gasteiger partial charge in [0.1, 0.15) is 5.75 Å². The van der Waals surface area contributed by atoms with Crippen molar-refractivity contribution in [3.63, 3.8) is 0 Å². The van der Waals surface area contributed by atoms with Crippen LogP contribution in [-0.2, 0) is 17.8 Å². The van der Waals surface area contributed by atoms with Crippen LogP contribution in [0.3, 0.4) is 0 Å². The van der Waals surface area contributed by atoms with Crippen LogP contribution in [0.1, 0.15) is 28.8 Å². The molecule has 0 saturated carbocycles. The minimum atomic E-state index is -2.45. The quantitative estimate of drug-likeness (QED) is 0.702. The van der Waals surface area contributed by atoms with E-state index in [0.29, 0.717) is 17.0 Å².